The highest BCUT2D eigenvalue weighted by Crippen LogP contribution is 2.35. The van der Waals surface area contributed by atoms with E-state index in [9.17, 15) is 22.4 Å². The van der Waals surface area contributed by atoms with Gasteiger partial charge in [0.1, 0.15) is 5.82 Å². The molecule has 1 unspecified atom stereocenters. The Hall–Kier alpha value is -1.63. The van der Waals surface area contributed by atoms with Crippen molar-refractivity contribution in [2.45, 2.75) is 18.6 Å². The number of alkyl halides is 3. The maximum absolute atomic E-state index is 12.9. The highest BCUT2D eigenvalue weighted by Gasteiger charge is 2.35. The number of carbonyl (C=O) groups is 1. The number of aliphatic carboxylic acids is 1. The predicted octanol–water partition coefficient (Wildman–Crippen LogP) is 2.58. The summed E-state index contributed by atoms with van der Waals surface area (Å²) in [4.78, 5) is 10.6. The van der Waals surface area contributed by atoms with E-state index in [4.69, 9.17) is 5.11 Å². The van der Waals surface area contributed by atoms with Gasteiger partial charge >= 0.3 is 12.1 Å². The minimum absolute atomic E-state index is 0.284. The fourth-order valence-electron chi connectivity index (χ4n) is 1.62. The minimum atomic E-state index is -4.73. The topological polar surface area (TPSA) is 49.3 Å². The first-order chi connectivity index (χ1) is 8.25. The zero-order valence-electron chi connectivity index (χ0n) is 9.38. The fourth-order valence-corrected chi connectivity index (χ4v) is 1.62. The van der Waals surface area contributed by atoms with Crippen molar-refractivity contribution in [3.8, 4) is 0 Å². The summed E-state index contributed by atoms with van der Waals surface area (Å²) < 4.78 is 51.0. The van der Waals surface area contributed by atoms with Gasteiger partial charge in [0.05, 0.1) is 12.0 Å². The third-order valence-corrected chi connectivity index (χ3v) is 2.42. The first-order valence-electron chi connectivity index (χ1n) is 5.01. The Kier molecular flexibility index (Phi) is 4.28. The monoisotopic (exact) mass is 265 g/mol. The van der Waals surface area contributed by atoms with Crippen LogP contribution in [0.5, 0.6) is 0 Å². The van der Waals surface area contributed by atoms with Crippen molar-refractivity contribution in [2.75, 3.05) is 7.05 Å². The van der Waals surface area contributed by atoms with Crippen molar-refractivity contribution in [1.29, 1.82) is 0 Å². The molecule has 0 heterocycles. The van der Waals surface area contributed by atoms with Gasteiger partial charge in [-0.1, -0.05) is 6.07 Å². The van der Waals surface area contributed by atoms with Crippen LogP contribution in [0, 0.1) is 5.82 Å². The van der Waals surface area contributed by atoms with E-state index in [0.29, 0.717) is 6.07 Å². The number of halogens is 4. The van der Waals surface area contributed by atoms with Crippen LogP contribution in [-0.2, 0) is 11.0 Å². The van der Waals surface area contributed by atoms with E-state index >= 15 is 0 Å². The Morgan fingerprint density at radius 3 is 2.50 bits per heavy atom. The van der Waals surface area contributed by atoms with Crippen LogP contribution in [0.3, 0.4) is 0 Å². The lowest BCUT2D eigenvalue weighted by Gasteiger charge is -2.20. The molecule has 2 N–H and O–H groups in total. The molecule has 1 rings (SSSR count). The molecule has 1 atom stereocenters. The minimum Gasteiger partial charge on any atom is -0.481 e. The summed E-state index contributed by atoms with van der Waals surface area (Å²) in [6.07, 6.45) is -5.25. The summed E-state index contributed by atoms with van der Waals surface area (Å²) in [5.41, 5.74) is -1.45. The standard InChI is InChI=1S/C11H11F4NO2/c1-16-9(5-10(17)18)7-3-2-6(12)4-8(7)11(13,14)15/h2-4,9,16H,5H2,1H3,(H,17,18). The molecular weight excluding hydrogens is 254 g/mol. The maximum atomic E-state index is 12.9. The lowest BCUT2D eigenvalue weighted by molar-refractivity contribution is -0.141. The van der Waals surface area contributed by atoms with Gasteiger partial charge in [0.2, 0.25) is 0 Å². The van der Waals surface area contributed by atoms with Gasteiger partial charge in [-0.05, 0) is 24.7 Å². The Morgan fingerprint density at radius 2 is 2.06 bits per heavy atom. The van der Waals surface area contributed by atoms with Crippen molar-refractivity contribution in [3.05, 3.63) is 35.1 Å². The fraction of sp³-hybridized carbons (Fsp3) is 0.364. The lowest BCUT2D eigenvalue weighted by atomic mass is 9.97. The smallest absolute Gasteiger partial charge is 0.416 e. The van der Waals surface area contributed by atoms with Crippen LogP contribution in [-0.4, -0.2) is 18.1 Å². The number of benzene rings is 1. The summed E-state index contributed by atoms with van der Waals surface area (Å²) in [5.74, 6) is -2.26. The SMILES string of the molecule is CNC(CC(=O)O)c1ccc(F)cc1C(F)(F)F. The van der Waals surface area contributed by atoms with Crippen LogP contribution >= 0.6 is 0 Å². The molecular formula is C11H11F4NO2. The van der Waals surface area contributed by atoms with Crippen LogP contribution in [0.1, 0.15) is 23.6 Å². The molecule has 0 radical (unpaired) electrons. The largest absolute Gasteiger partial charge is 0.481 e. The molecule has 100 valence electrons. The maximum Gasteiger partial charge on any atom is 0.416 e. The van der Waals surface area contributed by atoms with Crippen molar-refractivity contribution in [2.24, 2.45) is 0 Å². The van der Waals surface area contributed by atoms with Gasteiger partial charge in [-0.25, -0.2) is 4.39 Å². The first kappa shape index (κ1) is 14.4. The van der Waals surface area contributed by atoms with E-state index in [-0.39, 0.29) is 5.56 Å². The zero-order valence-corrected chi connectivity index (χ0v) is 9.38. The zero-order chi connectivity index (χ0) is 13.9. The Morgan fingerprint density at radius 1 is 1.44 bits per heavy atom. The normalized spacial score (nSPS) is 13.4. The second-order valence-electron chi connectivity index (χ2n) is 3.67. The van der Waals surface area contributed by atoms with Crippen molar-refractivity contribution in [3.63, 3.8) is 0 Å². The third-order valence-electron chi connectivity index (χ3n) is 2.42. The average Bonchev–Trinajstić information content (AvgIpc) is 2.24. The number of rotatable bonds is 4. The summed E-state index contributed by atoms with van der Waals surface area (Å²) in [6, 6.07) is 1.15. The molecule has 0 saturated carbocycles. The van der Waals surface area contributed by atoms with E-state index in [1.165, 1.54) is 7.05 Å². The summed E-state index contributed by atoms with van der Waals surface area (Å²) >= 11 is 0. The van der Waals surface area contributed by atoms with Gasteiger partial charge in [-0.2, -0.15) is 13.2 Å². The van der Waals surface area contributed by atoms with E-state index in [0.717, 1.165) is 12.1 Å². The van der Waals surface area contributed by atoms with E-state index < -0.39 is 36.0 Å². The second kappa shape index (κ2) is 5.34. The Bertz CT molecular complexity index is 445. The van der Waals surface area contributed by atoms with Crippen LogP contribution in [0.2, 0.25) is 0 Å². The molecule has 0 saturated heterocycles. The molecule has 1 aromatic rings. The highest BCUT2D eigenvalue weighted by atomic mass is 19.4. The molecule has 3 nitrogen and oxygen atoms in total. The van der Waals surface area contributed by atoms with Gasteiger partial charge in [-0.3, -0.25) is 4.79 Å². The third kappa shape index (κ3) is 3.43. The summed E-state index contributed by atoms with van der Waals surface area (Å²) in [6.45, 7) is 0. The Balaban J connectivity index is 3.25. The molecule has 0 spiro atoms. The number of nitrogens with one attached hydrogen (secondary N) is 1. The van der Waals surface area contributed by atoms with Crippen LogP contribution in [0.25, 0.3) is 0 Å². The molecule has 0 aliphatic heterocycles. The van der Waals surface area contributed by atoms with Crippen LogP contribution in [0.4, 0.5) is 17.6 Å². The summed E-state index contributed by atoms with van der Waals surface area (Å²) in [5, 5.41) is 11.1. The van der Waals surface area contributed by atoms with Crippen molar-refractivity contribution in [1.82, 2.24) is 5.32 Å². The number of carboxylic acid groups (broad SMARTS) is 1. The number of carboxylic acids is 1. The molecule has 0 aliphatic carbocycles. The molecule has 0 fully saturated rings. The Labute approximate surface area is 100 Å². The van der Waals surface area contributed by atoms with Gasteiger partial charge < -0.3 is 10.4 Å². The molecule has 0 bridgehead atoms. The predicted molar refractivity (Wildman–Crippen MR) is 55.5 cm³/mol. The number of hydrogen-bond acceptors (Lipinski definition) is 2. The summed E-state index contributed by atoms with van der Waals surface area (Å²) in [7, 11) is 1.34. The van der Waals surface area contributed by atoms with Crippen LogP contribution < -0.4 is 5.32 Å². The molecule has 7 heteroatoms. The molecule has 1 aromatic carbocycles. The van der Waals surface area contributed by atoms with Gasteiger partial charge in [0.15, 0.2) is 0 Å². The van der Waals surface area contributed by atoms with Crippen molar-refractivity contribution < 1.29 is 27.5 Å². The lowest BCUT2D eigenvalue weighted by Crippen LogP contribution is -2.23. The highest BCUT2D eigenvalue weighted by molar-refractivity contribution is 5.68. The number of hydrogen-bond donors (Lipinski definition) is 2. The molecule has 0 aromatic heterocycles. The van der Waals surface area contributed by atoms with Crippen LogP contribution in [0.15, 0.2) is 18.2 Å². The quantitative estimate of drug-likeness (QED) is 0.823. The van der Waals surface area contributed by atoms with E-state index in [2.05, 4.69) is 5.32 Å². The van der Waals surface area contributed by atoms with Gasteiger partial charge in [0, 0.05) is 6.04 Å². The van der Waals surface area contributed by atoms with Crippen molar-refractivity contribution >= 4 is 5.97 Å². The van der Waals surface area contributed by atoms with Gasteiger partial charge in [0.25, 0.3) is 0 Å². The van der Waals surface area contributed by atoms with E-state index in [1.807, 2.05) is 0 Å². The van der Waals surface area contributed by atoms with Gasteiger partial charge in [-0.15, -0.1) is 0 Å². The molecule has 0 aliphatic rings. The first-order valence-corrected chi connectivity index (χ1v) is 5.01. The van der Waals surface area contributed by atoms with E-state index in [1.54, 1.807) is 0 Å². The molecule has 18 heavy (non-hydrogen) atoms. The second-order valence-corrected chi connectivity index (χ2v) is 3.67. The molecule has 0 amide bonds. The average molecular weight is 265 g/mol.